The zero-order chi connectivity index (χ0) is 13.5. The average molecular weight is 268 g/mol. The summed E-state index contributed by atoms with van der Waals surface area (Å²) in [5.41, 5.74) is 8.64. The van der Waals surface area contributed by atoms with Crippen molar-refractivity contribution in [1.29, 1.82) is 0 Å². The zero-order valence-corrected chi connectivity index (χ0v) is 11.9. The smallest absolute Gasteiger partial charge is 0.182 e. The van der Waals surface area contributed by atoms with E-state index in [0.29, 0.717) is 18.0 Å². The summed E-state index contributed by atoms with van der Waals surface area (Å²) >= 11 is 0. The Morgan fingerprint density at radius 3 is 2.67 bits per heavy atom. The van der Waals surface area contributed by atoms with Crippen molar-refractivity contribution in [2.24, 2.45) is 5.73 Å². The highest BCUT2D eigenvalue weighted by molar-refractivity contribution is 7.91. The highest BCUT2D eigenvalue weighted by atomic mass is 32.2. The van der Waals surface area contributed by atoms with Gasteiger partial charge in [0.2, 0.25) is 0 Å². The van der Waals surface area contributed by atoms with Gasteiger partial charge in [-0.15, -0.1) is 0 Å². The van der Waals surface area contributed by atoms with E-state index in [1.807, 2.05) is 26.8 Å². The molecule has 1 aliphatic rings. The lowest BCUT2D eigenvalue weighted by atomic mass is 10.1. The molecule has 0 aliphatic carbocycles. The number of nitrogens with two attached hydrogens (primary N) is 1. The maximum Gasteiger partial charge on any atom is 0.182 e. The maximum absolute atomic E-state index is 12.2. The first-order chi connectivity index (χ1) is 8.38. The van der Waals surface area contributed by atoms with Crippen LogP contribution in [0.4, 0.5) is 5.69 Å². The van der Waals surface area contributed by atoms with Crippen LogP contribution in [0, 0.1) is 13.8 Å². The average Bonchev–Trinajstić information content (AvgIpc) is 2.27. The fraction of sp³-hybridized carbons (Fsp3) is 0.538. The van der Waals surface area contributed by atoms with Gasteiger partial charge in [-0.2, -0.15) is 0 Å². The monoisotopic (exact) mass is 268 g/mol. The molecule has 0 saturated heterocycles. The van der Waals surface area contributed by atoms with Gasteiger partial charge in [0.1, 0.15) is 0 Å². The number of rotatable bonds is 2. The molecule has 1 atom stereocenters. The second-order valence-corrected chi connectivity index (χ2v) is 6.97. The van der Waals surface area contributed by atoms with Crippen molar-refractivity contribution in [2.75, 3.05) is 23.7 Å². The Balaban J connectivity index is 2.70. The van der Waals surface area contributed by atoms with E-state index < -0.39 is 9.84 Å². The maximum atomic E-state index is 12.2. The molecule has 2 rings (SSSR count). The van der Waals surface area contributed by atoms with Crippen LogP contribution in [0.5, 0.6) is 0 Å². The van der Waals surface area contributed by atoms with Gasteiger partial charge in [0, 0.05) is 19.1 Å². The van der Waals surface area contributed by atoms with E-state index in [4.69, 9.17) is 5.73 Å². The molecule has 0 amide bonds. The summed E-state index contributed by atoms with van der Waals surface area (Å²) in [6, 6.07) is 3.58. The summed E-state index contributed by atoms with van der Waals surface area (Å²) in [5, 5.41) is 0. The molecule has 1 heterocycles. The summed E-state index contributed by atoms with van der Waals surface area (Å²) in [6.07, 6.45) is 0. The van der Waals surface area contributed by atoms with Crippen LogP contribution in [0.25, 0.3) is 0 Å². The van der Waals surface area contributed by atoms with Crippen LogP contribution < -0.4 is 10.6 Å². The lowest BCUT2D eigenvalue weighted by Crippen LogP contribution is -2.45. The van der Waals surface area contributed by atoms with Crippen molar-refractivity contribution in [2.45, 2.75) is 31.7 Å². The number of benzene rings is 1. The van der Waals surface area contributed by atoms with Crippen molar-refractivity contribution >= 4 is 15.5 Å². The first-order valence-corrected chi connectivity index (χ1v) is 7.83. The molecule has 100 valence electrons. The van der Waals surface area contributed by atoms with Gasteiger partial charge >= 0.3 is 0 Å². The summed E-state index contributed by atoms with van der Waals surface area (Å²) in [5.74, 6) is 0.169. The van der Waals surface area contributed by atoms with Crippen LogP contribution in [0.15, 0.2) is 17.0 Å². The molecule has 0 saturated carbocycles. The van der Waals surface area contributed by atoms with Gasteiger partial charge in [0.15, 0.2) is 9.84 Å². The minimum Gasteiger partial charge on any atom is -0.365 e. The van der Waals surface area contributed by atoms with Crippen LogP contribution >= 0.6 is 0 Å². The quantitative estimate of drug-likeness (QED) is 0.876. The van der Waals surface area contributed by atoms with Gasteiger partial charge in [0.05, 0.1) is 16.3 Å². The molecule has 1 aliphatic heterocycles. The Bertz CT molecular complexity index is 567. The largest absolute Gasteiger partial charge is 0.365 e. The van der Waals surface area contributed by atoms with Gasteiger partial charge in [-0.05, 0) is 38.0 Å². The van der Waals surface area contributed by atoms with Gasteiger partial charge in [-0.25, -0.2) is 8.42 Å². The second-order valence-electron chi connectivity index (χ2n) is 4.97. The highest BCUT2D eigenvalue weighted by Gasteiger charge is 2.34. The molecule has 1 aromatic carbocycles. The summed E-state index contributed by atoms with van der Waals surface area (Å²) in [6.45, 7) is 7.14. The molecule has 5 heteroatoms. The lowest BCUT2D eigenvalue weighted by molar-refractivity contribution is 0.571. The zero-order valence-electron chi connectivity index (χ0n) is 11.1. The number of hydrogen-bond donors (Lipinski definition) is 1. The number of sulfone groups is 1. The molecule has 1 aromatic rings. The van der Waals surface area contributed by atoms with Crippen LogP contribution in [0.2, 0.25) is 0 Å². The molecule has 2 N–H and O–H groups in total. The third-order valence-corrected chi connectivity index (χ3v) is 5.57. The Morgan fingerprint density at radius 2 is 2.06 bits per heavy atom. The Kier molecular flexibility index (Phi) is 3.38. The van der Waals surface area contributed by atoms with Gasteiger partial charge in [0.25, 0.3) is 0 Å². The third-order valence-electron chi connectivity index (χ3n) is 3.65. The molecule has 0 fully saturated rings. The van der Waals surface area contributed by atoms with Crippen molar-refractivity contribution in [1.82, 2.24) is 0 Å². The predicted molar refractivity (Wildman–Crippen MR) is 73.8 cm³/mol. The second kappa shape index (κ2) is 4.55. The third kappa shape index (κ3) is 2.01. The fourth-order valence-corrected chi connectivity index (χ4v) is 4.41. The van der Waals surface area contributed by atoms with E-state index in [-0.39, 0.29) is 11.8 Å². The van der Waals surface area contributed by atoms with Crippen molar-refractivity contribution in [3.63, 3.8) is 0 Å². The number of hydrogen-bond acceptors (Lipinski definition) is 4. The molecular formula is C13H20N2O2S. The van der Waals surface area contributed by atoms with Crippen LogP contribution in [-0.4, -0.2) is 33.3 Å². The Labute approximate surface area is 109 Å². The van der Waals surface area contributed by atoms with Crippen LogP contribution in [0.1, 0.15) is 18.1 Å². The SMILES string of the molecule is Cc1ccc2c(c1C)N(CCN)C(C)CS2(=O)=O. The number of nitrogens with zero attached hydrogens (tertiary/aromatic N) is 1. The lowest BCUT2D eigenvalue weighted by Gasteiger charge is -2.38. The van der Waals surface area contributed by atoms with Crippen molar-refractivity contribution in [3.05, 3.63) is 23.3 Å². The first kappa shape index (κ1) is 13.4. The fourth-order valence-electron chi connectivity index (χ4n) is 2.57. The van der Waals surface area contributed by atoms with Crippen molar-refractivity contribution < 1.29 is 8.42 Å². The Hall–Kier alpha value is -1.07. The standard InChI is InChI=1S/C13H20N2O2S/c1-9-4-5-12-13(11(9)3)15(7-6-14)10(2)8-18(12,16)17/h4-5,10H,6-8,14H2,1-3H3. The molecule has 0 radical (unpaired) electrons. The van der Waals surface area contributed by atoms with E-state index in [2.05, 4.69) is 4.90 Å². The van der Waals surface area contributed by atoms with Gasteiger partial charge in [-0.3, -0.25) is 0 Å². The normalized spacial score (nSPS) is 21.8. The molecular weight excluding hydrogens is 248 g/mol. The molecule has 0 spiro atoms. The van der Waals surface area contributed by atoms with E-state index in [0.717, 1.165) is 16.8 Å². The van der Waals surface area contributed by atoms with E-state index in [1.54, 1.807) is 6.07 Å². The molecule has 4 nitrogen and oxygen atoms in total. The molecule has 1 unspecified atom stereocenters. The molecule has 0 bridgehead atoms. The summed E-state index contributed by atoms with van der Waals surface area (Å²) in [7, 11) is -3.16. The van der Waals surface area contributed by atoms with E-state index in [1.165, 1.54) is 0 Å². The number of aryl methyl sites for hydroxylation is 1. The van der Waals surface area contributed by atoms with Crippen molar-refractivity contribution in [3.8, 4) is 0 Å². The van der Waals surface area contributed by atoms with E-state index >= 15 is 0 Å². The molecule has 18 heavy (non-hydrogen) atoms. The topological polar surface area (TPSA) is 63.4 Å². The number of anilines is 1. The van der Waals surface area contributed by atoms with Gasteiger partial charge < -0.3 is 10.6 Å². The highest BCUT2D eigenvalue weighted by Crippen LogP contribution is 2.37. The van der Waals surface area contributed by atoms with Crippen LogP contribution in [-0.2, 0) is 9.84 Å². The summed E-state index contributed by atoms with van der Waals surface area (Å²) < 4.78 is 24.5. The number of fused-ring (bicyclic) bond motifs is 1. The minimum atomic E-state index is -3.16. The first-order valence-electron chi connectivity index (χ1n) is 6.18. The van der Waals surface area contributed by atoms with Crippen LogP contribution in [0.3, 0.4) is 0 Å². The summed E-state index contributed by atoms with van der Waals surface area (Å²) in [4.78, 5) is 2.58. The Morgan fingerprint density at radius 1 is 1.39 bits per heavy atom. The molecule has 0 aromatic heterocycles. The minimum absolute atomic E-state index is 0.0217. The van der Waals surface area contributed by atoms with E-state index in [9.17, 15) is 8.42 Å². The van der Waals surface area contributed by atoms with Gasteiger partial charge in [-0.1, -0.05) is 6.07 Å². The predicted octanol–water partition coefficient (Wildman–Crippen LogP) is 1.24.